The number of aryl methyl sites for hydroxylation is 1. The molecule has 0 aliphatic heterocycles. The average Bonchev–Trinajstić information content (AvgIpc) is 3.12. The summed E-state index contributed by atoms with van der Waals surface area (Å²) in [7, 11) is 0. The maximum absolute atomic E-state index is 12.4. The number of nitrogens with one attached hydrogen (secondary N) is 1. The molecular weight excluding hydrogens is 284 g/mol. The summed E-state index contributed by atoms with van der Waals surface area (Å²) in [6.45, 7) is 4.04. The van der Waals surface area contributed by atoms with Crippen LogP contribution in [0.3, 0.4) is 0 Å². The van der Waals surface area contributed by atoms with Crippen LogP contribution in [0, 0.1) is 6.92 Å². The summed E-state index contributed by atoms with van der Waals surface area (Å²) in [6, 6.07) is 5.70. The Labute approximate surface area is 126 Å². The number of aromatic nitrogens is 3. The van der Waals surface area contributed by atoms with Gasteiger partial charge in [-0.25, -0.2) is 9.50 Å². The Hall–Kier alpha value is -2.21. The highest BCUT2D eigenvalue weighted by Gasteiger charge is 2.18. The van der Waals surface area contributed by atoms with Gasteiger partial charge in [-0.3, -0.25) is 4.79 Å². The number of hydrogen-bond donors (Lipinski definition) is 1. The van der Waals surface area contributed by atoms with Crippen LogP contribution in [0.5, 0.6) is 0 Å². The minimum atomic E-state index is -0.168. The highest BCUT2D eigenvalue weighted by atomic mass is 32.1. The van der Waals surface area contributed by atoms with Gasteiger partial charge in [0.15, 0.2) is 5.69 Å². The molecule has 3 rings (SSSR count). The van der Waals surface area contributed by atoms with Gasteiger partial charge in [0.1, 0.15) is 5.01 Å². The summed E-state index contributed by atoms with van der Waals surface area (Å²) in [6.07, 6.45) is 4.41. The summed E-state index contributed by atoms with van der Waals surface area (Å²) in [5.41, 5.74) is 2.49. The van der Waals surface area contributed by atoms with Crippen LogP contribution < -0.4 is 5.32 Å². The van der Waals surface area contributed by atoms with Crippen LogP contribution >= 0.6 is 11.3 Å². The molecule has 3 heterocycles. The van der Waals surface area contributed by atoms with Gasteiger partial charge < -0.3 is 5.32 Å². The third-order valence-corrected chi connectivity index (χ3v) is 4.20. The zero-order chi connectivity index (χ0) is 14.8. The molecule has 5 nitrogen and oxygen atoms in total. The predicted octanol–water partition coefficient (Wildman–Crippen LogP) is 2.98. The van der Waals surface area contributed by atoms with E-state index in [4.69, 9.17) is 0 Å². The van der Waals surface area contributed by atoms with Crippen molar-refractivity contribution in [2.45, 2.75) is 26.3 Å². The largest absolute Gasteiger partial charge is 0.341 e. The number of nitrogens with zero attached hydrogens (tertiary/aromatic N) is 3. The molecule has 0 saturated carbocycles. The molecule has 0 aliphatic carbocycles. The second kappa shape index (κ2) is 5.65. The molecule has 0 saturated heterocycles. The average molecular weight is 300 g/mol. The van der Waals surface area contributed by atoms with Gasteiger partial charge in [0, 0.05) is 17.8 Å². The minimum absolute atomic E-state index is 0.0657. The van der Waals surface area contributed by atoms with Gasteiger partial charge in [-0.2, -0.15) is 5.10 Å². The first-order chi connectivity index (χ1) is 10.2. The summed E-state index contributed by atoms with van der Waals surface area (Å²) in [5.74, 6) is -0.168. The monoisotopic (exact) mass is 300 g/mol. The fourth-order valence-electron chi connectivity index (χ4n) is 2.19. The maximum atomic E-state index is 12.4. The number of rotatable bonds is 4. The first-order valence-corrected chi connectivity index (χ1v) is 7.71. The lowest BCUT2D eigenvalue weighted by Gasteiger charge is -2.13. The van der Waals surface area contributed by atoms with Crippen molar-refractivity contribution in [2.75, 3.05) is 0 Å². The zero-order valence-electron chi connectivity index (χ0n) is 11.9. The van der Waals surface area contributed by atoms with E-state index in [2.05, 4.69) is 15.4 Å². The van der Waals surface area contributed by atoms with Crippen molar-refractivity contribution in [3.05, 3.63) is 52.2 Å². The van der Waals surface area contributed by atoms with E-state index >= 15 is 0 Å². The van der Waals surface area contributed by atoms with Crippen molar-refractivity contribution in [2.24, 2.45) is 0 Å². The SMILES string of the molecule is CC[C@@H](NC(=O)c1cc2cc(C)ccn2n1)c1nccs1. The van der Waals surface area contributed by atoms with E-state index in [0.29, 0.717) is 5.69 Å². The van der Waals surface area contributed by atoms with Gasteiger partial charge in [-0.1, -0.05) is 6.92 Å². The third kappa shape index (κ3) is 2.80. The van der Waals surface area contributed by atoms with E-state index < -0.39 is 0 Å². The maximum Gasteiger partial charge on any atom is 0.272 e. The van der Waals surface area contributed by atoms with E-state index in [1.54, 1.807) is 28.1 Å². The summed E-state index contributed by atoms with van der Waals surface area (Å²) in [5, 5.41) is 10.1. The number of pyridine rings is 1. The minimum Gasteiger partial charge on any atom is -0.341 e. The first kappa shape index (κ1) is 13.8. The molecule has 6 heteroatoms. The Morgan fingerprint density at radius 1 is 1.48 bits per heavy atom. The number of carbonyl (C=O) groups is 1. The van der Waals surface area contributed by atoms with Crippen molar-refractivity contribution >= 4 is 22.8 Å². The predicted molar refractivity (Wildman–Crippen MR) is 82.5 cm³/mol. The topological polar surface area (TPSA) is 59.3 Å². The number of carbonyl (C=O) groups excluding carboxylic acids is 1. The molecular formula is C15H16N4OS. The zero-order valence-corrected chi connectivity index (χ0v) is 12.7. The van der Waals surface area contributed by atoms with Gasteiger partial charge in [0.05, 0.1) is 11.6 Å². The molecule has 0 aromatic carbocycles. The van der Waals surface area contributed by atoms with E-state index in [0.717, 1.165) is 22.5 Å². The fourth-order valence-corrected chi connectivity index (χ4v) is 2.97. The molecule has 0 unspecified atom stereocenters. The molecule has 0 radical (unpaired) electrons. The highest BCUT2D eigenvalue weighted by molar-refractivity contribution is 7.09. The lowest BCUT2D eigenvalue weighted by Crippen LogP contribution is -2.28. The van der Waals surface area contributed by atoms with Crippen LogP contribution in [-0.2, 0) is 0 Å². The highest BCUT2D eigenvalue weighted by Crippen LogP contribution is 2.19. The Bertz CT molecular complexity index is 763. The van der Waals surface area contributed by atoms with Crippen LogP contribution in [-0.4, -0.2) is 20.5 Å². The summed E-state index contributed by atoms with van der Waals surface area (Å²) < 4.78 is 1.71. The molecule has 1 amide bonds. The van der Waals surface area contributed by atoms with Gasteiger partial charge in [0.2, 0.25) is 0 Å². The molecule has 3 aromatic rings. The normalized spacial score (nSPS) is 12.5. The summed E-state index contributed by atoms with van der Waals surface area (Å²) in [4.78, 5) is 16.6. The van der Waals surface area contributed by atoms with Gasteiger partial charge in [0.25, 0.3) is 5.91 Å². The standard InChI is InChI=1S/C15H16N4OS/c1-3-12(15-16-5-7-21-15)17-14(20)13-9-11-8-10(2)4-6-19(11)18-13/h4-9,12H,3H2,1-2H3,(H,17,20)/t12-/m1/s1. The number of fused-ring (bicyclic) bond motifs is 1. The second-order valence-corrected chi connectivity index (χ2v) is 5.83. The van der Waals surface area contributed by atoms with Crippen molar-refractivity contribution < 1.29 is 4.79 Å². The summed E-state index contributed by atoms with van der Waals surface area (Å²) >= 11 is 1.55. The van der Waals surface area contributed by atoms with Crippen LogP contribution in [0.2, 0.25) is 0 Å². The number of thiazole rings is 1. The van der Waals surface area contributed by atoms with Crippen LogP contribution in [0.15, 0.2) is 36.0 Å². The van der Waals surface area contributed by atoms with E-state index in [1.165, 1.54) is 0 Å². The number of amides is 1. The number of hydrogen-bond acceptors (Lipinski definition) is 4. The smallest absolute Gasteiger partial charge is 0.272 e. The van der Waals surface area contributed by atoms with Crippen molar-refractivity contribution in [1.29, 1.82) is 0 Å². The van der Waals surface area contributed by atoms with E-state index in [1.807, 2.05) is 37.6 Å². The fraction of sp³-hybridized carbons (Fsp3) is 0.267. The van der Waals surface area contributed by atoms with Gasteiger partial charge in [-0.05, 0) is 37.1 Å². The van der Waals surface area contributed by atoms with Crippen LogP contribution in [0.4, 0.5) is 0 Å². The molecule has 1 atom stereocenters. The molecule has 0 aliphatic rings. The van der Waals surface area contributed by atoms with E-state index in [-0.39, 0.29) is 11.9 Å². The van der Waals surface area contributed by atoms with Crippen molar-refractivity contribution in [3.63, 3.8) is 0 Å². The van der Waals surface area contributed by atoms with Crippen molar-refractivity contribution in [3.8, 4) is 0 Å². The molecule has 3 aromatic heterocycles. The third-order valence-electron chi connectivity index (χ3n) is 3.31. The molecule has 0 fully saturated rings. The van der Waals surface area contributed by atoms with Gasteiger partial charge >= 0.3 is 0 Å². The Balaban J connectivity index is 1.83. The lowest BCUT2D eigenvalue weighted by molar-refractivity contribution is 0.0930. The van der Waals surface area contributed by atoms with Crippen molar-refractivity contribution in [1.82, 2.24) is 19.9 Å². The van der Waals surface area contributed by atoms with Crippen LogP contribution in [0.25, 0.3) is 5.52 Å². The lowest BCUT2D eigenvalue weighted by atomic mass is 10.2. The Morgan fingerprint density at radius 3 is 3.05 bits per heavy atom. The molecule has 0 spiro atoms. The molecule has 21 heavy (non-hydrogen) atoms. The second-order valence-electron chi connectivity index (χ2n) is 4.91. The Morgan fingerprint density at radius 2 is 2.33 bits per heavy atom. The molecule has 0 bridgehead atoms. The quantitative estimate of drug-likeness (QED) is 0.806. The van der Waals surface area contributed by atoms with Crippen LogP contribution in [0.1, 0.15) is 40.4 Å². The first-order valence-electron chi connectivity index (χ1n) is 6.83. The van der Waals surface area contributed by atoms with E-state index in [9.17, 15) is 4.79 Å². The molecule has 108 valence electrons. The Kier molecular flexibility index (Phi) is 3.70. The molecule has 1 N–H and O–H groups in total. The van der Waals surface area contributed by atoms with Gasteiger partial charge in [-0.15, -0.1) is 11.3 Å².